The smallest absolute Gasteiger partial charge is 0.338 e. The van der Waals surface area contributed by atoms with Crippen LogP contribution in [0.2, 0.25) is 0 Å². The highest BCUT2D eigenvalue weighted by Crippen LogP contribution is 2.26. The zero-order valence-electron chi connectivity index (χ0n) is 14.3. The number of nitrogens with zero attached hydrogens (tertiary/aromatic N) is 1. The second-order valence-corrected chi connectivity index (χ2v) is 7.91. The van der Waals surface area contributed by atoms with Crippen LogP contribution in [0.5, 0.6) is 0 Å². The molecule has 3 rings (SSSR count). The molecule has 0 atom stereocenters. The first-order chi connectivity index (χ1) is 12.8. The average Bonchev–Trinajstić information content (AvgIpc) is 2.64. The molecule has 3 aromatic rings. The van der Waals surface area contributed by atoms with Gasteiger partial charge in [0.2, 0.25) is 0 Å². The maximum atomic E-state index is 12.3. The monoisotopic (exact) mass is 385 g/mol. The number of hydrogen-bond acceptors (Lipinski definition) is 6. The van der Waals surface area contributed by atoms with Gasteiger partial charge in [-0.05, 0) is 28.5 Å². The third kappa shape index (κ3) is 3.95. The number of nitro groups is 1. The first-order valence-corrected chi connectivity index (χ1v) is 9.79. The van der Waals surface area contributed by atoms with Crippen LogP contribution in [0.15, 0.2) is 65.6 Å². The third-order valence-electron chi connectivity index (χ3n) is 4.03. The van der Waals surface area contributed by atoms with E-state index in [0.29, 0.717) is 0 Å². The zero-order chi connectivity index (χ0) is 19.6. The van der Waals surface area contributed by atoms with Crippen molar-refractivity contribution in [2.75, 3.05) is 6.26 Å². The molecule has 0 aliphatic carbocycles. The highest BCUT2D eigenvalue weighted by atomic mass is 32.2. The number of benzene rings is 3. The molecule has 0 unspecified atom stereocenters. The van der Waals surface area contributed by atoms with E-state index in [2.05, 4.69) is 0 Å². The van der Waals surface area contributed by atoms with Gasteiger partial charge in [0.05, 0.1) is 10.5 Å². The van der Waals surface area contributed by atoms with Crippen molar-refractivity contribution in [1.29, 1.82) is 0 Å². The Morgan fingerprint density at radius 2 is 1.78 bits per heavy atom. The Morgan fingerprint density at radius 3 is 2.48 bits per heavy atom. The first-order valence-electron chi connectivity index (χ1n) is 7.89. The first kappa shape index (κ1) is 18.5. The second kappa shape index (κ2) is 7.16. The van der Waals surface area contributed by atoms with Crippen molar-refractivity contribution in [3.05, 3.63) is 81.9 Å². The Hall–Kier alpha value is -3.26. The minimum absolute atomic E-state index is 0.0121. The van der Waals surface area contributed by atoms with Crippen LogP contribution in [0.1, 0.15) is 15.9 Å². The number of rotatable bonds is 5. The van der Waals surface area contributed by atoms with Crippen LogP contribution in [0.3, 0.4) is 0 Å². The van der Waals surface area contributed by atoms with Gasteiger partial charge in [0.15, 0.2) is 9.84 Å². The summed E-state index contributed by atoms with van der Waals surface area (Å²) in [5.41, 5.74) is 0.0511. The van der Waals surface area contributed by atoms with E-state index in [1.807, 2.05) is 42.5 Å². The number of nitro benzene ring substituents is 1. The lowest BCUT2D eigenvalue weighted by atomic mass is 10.1. The van der Waals surface area contributed by atoms with Crippen molar-refractivity contribution in [2.24, 2.45) is 0 Å². The molecule has 138 valence electrons. The van der Waals surface area contributed by atoms with Gasteiger partial charge in [-0.1, -0.05) is 42.5 Å². The number of fused-ring (bicyclic) bond motifs is 1. The molecule has 8 heteroatoms. The maximum absolute atomic E-state index is 12.3. The van der Waals surface area contributed by atoms with E-state index in [-0.39, 0.29) is 12.2 Å². The summed E-state index contributed by atoms with van der Waals surface area (Å²) in [6.07, 6.45) is 0.869. The Balaban J connectivity index is 1.86. The third-order valence-corrected chi connectivity index (χ3v) is 5.17. The predicted molar refractivity (Wildman–Crippen MR) is 99.3 cm³/mol. The fourth-order valence-electron chi connectivity index (χ4n) is 2.75. The lowest BCUT2D eigenvalue weighted by Crippen LogP contribution is -2.08. The Bertz CT molecular complexity index is 1150. The Morgan fingerprint density at radius 1 is 1.07 bits per heavy atom. The van der Waals surface area contributed by atoms with Gasteiger partial charge >= 0.3 is 5.97 Å². The Kier molecular flexibility index (Phi) is 4.91. The van der Waals surface area contributed by atoms with E-state index in [1.165, 1.54) is 6.07 Å². The lowest BCUT2D eigenvalue weighted by molar-refractivity contribution is -0.387. The summed E-state index contributed by atoms with van der Waals surface area (Å²) >= 11 is 0. The molecule has 7 nitrogen and oxygen atoms in total. The van der Waals surface area contributed by atoms with Gasteiger partial charge in [0, 0.05) is 12.3 Å². The van der Waals surface area contributed by atoms with Crippen LogP contribution in [0.4, 0.5) is 5.69 Å². The van der Waals surface area contributed by atoms with Crippen molar-refractivity contribution < 1.29 is 22.9 Å². The quantitative estimate of drug-likeness (QED) is 0.378. The number of ether oxygens (including phenoxy) is 1. The largest absolute Gasteiger partial charge is 0.457 e. The fraction of sp³-hybridized carbons (Fsp3) is 0.105. The minimum Gasteiger partial charge on any atom is -0.457 e. The predicted octanol–water partition coefficient (Wildman–Crippen LogP) is 3.51. The molecule has 0 N–H and O–H groups in total. The van der Waals surface area contributed by atoms with Crippen molar-refractivity contribution in [3.63, 3.8) is 0 Å². The molecular formula is C19H15NO6S. The van der Waals surface area contributed by atoms with Gasteiger partial charge in [0.1, 0.15) is 11.5 Å². The van der Waals surface area contributed by atoms with Gasteiger partial charge in [-0.25, -0.2) is 13.2 Å². The van der Waals surface area contributed by atoms with E-state index < -0.39 is 31.3 Å². The summed E-state index contributed by atoms with van der Waals surface area (Å²) in [5.74, 6) is -0.772. The van der Waals surface area contributed by atoms with Crippen LogP contribution in [0, 0.1) is 10.1 Å². The molecule has 0 aliphatic rings. The van der Waals surface area contributed by atoms with Crippen LogP contribution >= 0.6 is 0 Å². The number of hydrogen-bond donors (Lipinski definition) is 0. The number of carbonyl (C=O) groups is 1. The molecule has 0 bridgehead atoms. The van der Waals surface area contributed by atoms with Crippen LogP contribution < -0.4 is 0 Å². The summed E-state index contributed by atoms with van der Waals surface area (Å²) in [6, 6.07) is 16.4. The molecule has 0 aliphatic heterocycles. The highest BCUT2D eigenvalue weighted by Gasteiger charge is 2.24. The minimum atomic E-state index is -3.79. The molecule has 0 spiro atoms. The molecular weight excluding hydrogens is 370 g/mol. The second-order valence-electron chi connectivity index (χ2n) is 5.93. The summed E-state index contributed by atoms with van der Waals surface area (Å²) in [7, 11) is -3.79. The van der Waals surface area contributed by atoms with Gasteiger partial charge in [-0.15, -0.1) is 0 Å². The topological polar surface area (TPSA) is 104 Å². The van der Waals surface area contributed by atoms with Crippen LogP contribution in [-0.2, 0) is 21.2 Å². The van der Waals surface area contributed by atoms with Crippen LogP contribution in [0.25, 0.3) is 10.8 Å². The average molecular weight is 385 g/mol. The molecule has 27 heavy (non-hydrogen) atoms. The molecule has 0 saturated carbocycles. The molecule has 0 fully saturated rings. The summed E-state index contributed by atoms with van der Waals surface area (Å²) in [4.78, 5) is 22.2. The number of carbonyl (C=O) groups excluding carboxylic acids is 1. The SMILES string of the molecule is CS(=O)(=O)c1ccc(C(=O)OCc2cccc3ccccc23)cc1[N+](=O)[O-]. The van der Waals surface area contributed by atoms with E-state index in [9.17, 15) is 23.3 Å². The molecule has 0 radical (unpaired) electrons. The van der Waals surface area contributed by atoms with Gasteiger partial charge in [-0.3, -0.25) is 10.1 Å². The molecule has 0 aromatic heterocycles. The summed E-state index contributed by atoms with van der Waals surface area (Å²) in [5, 5.41) is 13.1. The zero-order valence-corrected chi connectivity index (χ0v) is 15.1. The molecule has 0 saturated heterocycles. The van der Waals surface area contributed by atoms with Crippen LogP contribution in [-0.4, -0.2) is 25.6 Å². The lowest BCUT2D eigenvalue weighted by Gasteiger charge is -2.09. The number of esters is 1. The van der Waals surface area contributed by atoms with E-state index in [4.69, 9.17) is 4.74 Å². The van der Waals surface area contributed by atoms with E-state index >= 15 is 0 Å². The summed E-state index contributed by atoms with van der Waals surface area (Å²) in [6.45, 7) is -0.0121. The maximum Gasteiger partial charge on any atom is 0.338 e. The Labute approximate surface area is 155 Å². The van der Waals surface area contributed by atoms with Crippen molar-refractivity contribution in [2.45, 2.75) is 11.5 Å². The molecule has 0 amide bonds. The molecule has 0 heterocycles. The summed E-state index contributed by atoms with van der Waals surface area (Å²) < 4.78 is 28.6. The fourth-order valence-corrected chi connectivity index (χ4v) is 3.57. The standard InChI is InChI=1S/C19H15NO6S/c1-27(24,25)18-10-9-14(11-17(18)20(22)23)19(21)26-12-15-7-4-6-13-5-2-3-8-16(13)15/h2-11H,12H2,1H3. The number of sulfone groups is 1. The van der Waals surface area contributed by atoms with Gasteiger partial charge in [0.25, 0.3) is 5.69 Å². The van der Waals surface area contributed by atoms with Crippen molar-refractivity contribution >= 4 is 32.3 Å². The van der Waals surface area contributed by atoms with Crippen molar-refractivity contribution in [3.8, 4) is 0 Å². The highest BCUT2D eigenvalue weighted by molar-refractivity contribution is 7.90. The van der Waals surface area contributed by atoms with Gasteiger partial charge in [-0.2, -0.15) is 0 Å². The molecule has 3 aromatic carbocycles. The normalized spacial score (nSPS) is 11.3. The van der Waals surface area contributed by atoms with Gasteiger partial charge < -0.3 is 4.74 Å². The van der Waals surface area contributed by atoms with E-state index in [1.54, 1.807) is 0 Å². The van der Waals surface area contributed by atoms with Crippen molar-refractivity contribution in [1.82, 2.24) is 0 Å². The van der Waals surface area contributed by atoms with E-state index in [0.717, 1.165) is 34.7 Å².